The van der Waals surface area contributed by atoms with Gasteiger partial charge in [0, 0.05) is 31.5 Å². The number of ether oxygens (including phenoxy) is 2. The van der Waals surface area contributed by atoms with Gasteiger partial charge in [-0.1, -0.05) is 12.1 Å². The van der Waals surface area contributed by atoms with Gasteiger partial charge in [-0.05, 0) is 6.07 Å². The molecule has 0 bridgehead atoms. The van der Waals surface area contributed by atoms with Gasteiger partial charge < -0.3 is 14.4 Å². The topological polar surface area (TPSA) is 64.5 Å². The number of amides is 1. The van der Waals surface area contributed by atoms with Crippen LogP contribution in [-0.2, 0) is 6.54 Å². The monoisotopic (exact) mass is 287 g/mol. The predicted octanol–water partition coefficient (Wildman–Crippen LogP) is 1.77. The van der Waals surface area contributed by atoms with Crippen LogP contribution in [0.1, 0.15) is 16.1 Å². The van der Waals surface area contributed by atoms with Crippen molar-refractivity contribution in [3.05, 3.63) is 48.0 Å². The quantitative estimate of drug-likeness (QED) is 0.838. The van der Waals surface area contributed by atoms with Crippen LogP contribution in [0.4, 0.5) is 0 Å². The summed E-state index contributed by atoms with van der Waals surface area (Å²) in [6, 6.07) is 5.56. The van der Waals surface area contributed by atoms with Crippen LogP contribution >= 0.6 is 0 Å². The molecule has 0 atom stereocenters. The van der Waals surface area contributed by atoms with Gasteiger partial charge in [0.25, 0.3) is 5.91 Å². The average Bonchev–Trinajstić information content (AvgIpc) is 2.54. The van der Waals surface area contributed by atoms with Crippen molar-refractivity contribution < 1.29 is 14.3 Å². The van der Waals surface area contributed by atoms with E-state index in [1.807, 2.05) is 18.2 Å². The molecule has 0 saturated heterocycles. The summed E-state index contributed by atoms with van der Waals surface area (Å²) >= 11 is 0. The maximum absolute atomic E-state index is 12.3. The Hall–Kier alpha value is -2.63. The molecule has 0 spiro atoms. The Kier molecular flexibility index (Phi) is 4.71. The highest BCUT2D eigenvalue weighted by molar-refractivity contribution is 5.91. The Morgan fingerprint density at radius 3 is 2.67 bits per heavy atom. The van der Waals surface area contributed by atoms with E-state index in [1.165, 1.54) is 18.6 Å². The van der Waals surface area contributed by atoms with Gasteiger partial charge in [-0.2, -0.15) is 0 Å². The first-order valence-electron chi connectivity index (χ1n) is 6.38. The highest BCUT2D eigenvalue weighted by Crippen LogP contribution is 2.31. The number of para-hydroxylation sites is 1. The molecule has 0 saturated carbocycles. The van der Waals surface area contributed by atoms with Crippen molar-refractivity contribution in [1.29, 1.82) is 0 Å². The Labute approximate surface area is 123 Å². The maximum atomic E-state index is 12.3. The van der Waals surface area contributed by atoms with Gasteiger partial charge in [0.2, 0.25) is 0 Å². The fourth-order valence-corrected chi connectivity index (χ4v) is 2.01. The molecule has 0 fully saturated rings. The number of hydrogen-bond acceptors (Lipinski definition) is 5. The molecule has 0 aliphatic carbocycles. The summed E-state index contributed by atoms with van der Waals surface area (Å²) < 4.78 is 10.6. The highest BCUT2D eigenvalue weighted by atomic mass is 16.5. The Morgan fingerprint density at radius 2 is 2.05 bits per heavy atom. The second-order valence-electron chi connectivity index (χ2n) is 4.40. The number of benzene rings is 1. The van der Waals surface area contributed by atoms with Gasteiger partial charge in [-0.15, -0.1) is 0 Å². The second-order valence-corrected chi connectivity index (χ2v) is 4.40. The van der Waals surface area contributed by atoms with Crippen LogP contribution in [0.2, 0.25) is 0 Å². The first-order chi connectivity index (χ1) is 10.2. The molecule has 0 N–H and O–H groups in total. The molecule has 0 radical (unpaired) electrons. The number of carbonyl (C=O) groups is 1. The lowest BCUT2D eigenvalue weighted by Gasteiger charge is -2.19. The molecule has 1 amide bonds. The second kappa shape index (κ2) is 6.69. The van der Waals surface area contributed by atoms with Crippen LogP contribution in [0.5, 0.6) is 11.5 Å². The summed E-state index contributed by atoms with van der Waals surface area (Å²) in [7, 11) is 4.86. The molecule has 1 aromatic carbocycles. The summed E-state index contributed by atoms with van der Waals surface area (Å²) in [5.41, 5.74) is 1.17. The van der Waals surface area contributed by atoms with Crippen molar-refractivity contribution in [2.75, 3.05) is 21.3 Å². The van der Waals surface area contributed by atoms with Gasteiger partial charge in [0.05, 0.1) is 20.4 Å². The molecule has 110 valence electrons. The SMILES string of the molecule is COc1cccc(CN(C)C(=O)c2cnccn2)c1OC. The molecule has 2 rings (SSSR count). The summed E-state index contributed by atoms with van der Waals surface area (Å²) in [5, 5.41) is 0. The van der Waals surface area contributed by atoms with Gasteiger partial charge in [-0.25, -0.2) is 4.98 Å². The van der Waals surface area contributed by atoms with E-state index in [0.717, 1.165) is 5.56 Å². The molecule has 1 aromatic heterocycles. The third-order valence-corrected chi connectivity index (χ3v) is 3.02. The molecule has 0 aliphatic heterocycles. The largest absolute Gasteiger partial charge is 0.493 e. The number of methoxy groups -OCH3 is 2. The molecule has 2 aromatic rings. The molecule has 0 aliphatic rings. The van der Waals surface area contributed by atoms with E-state index in [4.69, 9.17) is 9.47 Å². The normalized spacial score (nSPS) is 10.0. The summed E-state index contributed by atoms with van der Waals surface area (Å²) in [6.45, 7) is 0.385. The minimum absolute atomic E-state index is 0.201. The van der Waals surface area contributed by atoms with Gasteiger partial charge in [0.1, 0.15) is 5.69 Å². The molecule has 0 unspecified atom stereocenters. The zero-order chi connectivity index (χ0) is 15.2. The van der Waals surface area contributed by atoms with Crippen molar-refractivity contribution >= 4 is 5.91 Å². The summed E-state index contributed by atoms with van der Waals surface area (Å²) in [6.07, 6.45) is 4.47. The summed E-state index contributed by atoms with van der Waals surface area (Å²) in [5.74, 6) is 1.06. The van der Waals surface area contributed by atoms with Crippen LogP contribution in [0.25, 0.3) is 0 Å². The van der Waals surface area contributed by atoms with E-state index >= 15 is 0 Å². The fourth-order valence-electron chi connectivity index (χ4n) is 2.01. The Bertz CT molecular complexity index is 617. The molecule has 6 nitrogen and oxygen atoms in total. The van der Waals surface area contributed by atoms with Crippen molar-refractivity contribution in [2.24, 2.45) is 0 Å². The van der Waals surface area contributed by atoms with Crippen LogP contribution in [-0.4, -0.2) is 42.0 Å². The standard InChI is InChI=1S/C15H17N3O3/c1-18(15(19)12-9-16-7-8-17-12)10-11-5-4-6-13(20-2)14(11)21-3/h4-9H,10H2,1-3H3. The zero-order valence-corrected chi connectivity index (χ0v) is 12.2. The summed E-state index contributed by atoms with van der Waals surface area (Å²) in [4.78, 5) is 21.7. The van der Waals surface area contributed by atoms with E-state index in [2.05, 4.69) is 9.97 Å². The Morgan fingerprint density at radius 1 is 1.24 bits per heavy atom. The van der Waals surface area contributed by atoms with E-state index in [0.29, 0.717) is 23.7 Å². The van der Waals surface area contributed by atoms with Crippen LogP contribution in [0.15, 0.2) is 36.8 Å². The maximum Gasteiger partial charge on any atom is 0.274 e. The smallest absolute Gasteiger partial charge is 0.274 e. The minimum Gasteiger partial charge on any atom is -0.493 e. The van der Waals surface area contributed by atoms with E-state index in [1.54, 1.807) is 26.2 Å². The van der Waals surface area contributed by atoms with Crippen molar-refractivity contribution in [1.82, 2.24) is 14.9 Å². The fraction of sp³-hybridized carbons (Fsp3) is 0.267. The van der Waals surface area contributed by atoms with Crippen LogP contribution in [0, 0.1) is 0 Å². The third kappa shape index (κ3) is 3.28. The van der Waals surface area contributed by atoms with Gasteiger partial charge in [-0.3, -0.25) is 9.78 Å². The van der Waals surface area contributed by atoms with E-state index < -0.39 is 0 Å². The number of hydrogen-bond donors (Lipinski definition) is 0. The van der Waals surface area contributed by atoms with Crippen LogP contribution in [0.3, 0.4) is 0 Å². The van der Waals surface area contributed by atoms with Gasteiger partial charge in [0.15, 0.2) is 11.5 Å². The van der Waals surface area contributed by atoms with Gasteiger partial charge >= 0.3 is 0 Å². The molecule has 6 heteroatoms. The number of aromatic nitrogens is 2. The third-order valence-electron chi connectivity index (χ3n) is 3.02. The van der Waals surface area contributed by atoms with Crippen molar-refractivity contribution in [3.63, 3.8) is 0 Å². The molecular weight excluding hydrogens is 270 g/mol. The Balaban J connectivity index is 2.20. The average molecular weight is 287 g/mol. The zero-order valence-electron chi connectivity index (χ0n) is 12.2. The lowest BCUT2D eigenvalue weighted by atomic mass is 10.1. The molecule has 1 heterocycles. The lowest BCUT2D eigenvalue weighted by Crippen LogP contribution is -2.27. The number of rotatable bonds is 5. The number of nitrogens with zero attached hydrogens (tertiary/aromatic N) is 3. The lowest BCUT2D eigenvalue weighted by molar-refractivity contribution is 0.0777. The van der Waals surface area contributed by atoms with E-state index in [9.17, 15) is 4.79 Å². The highest BCUT2D eigenvalue weighted by Gasteiger charge is 2.17. The first kappa shape index (κ1) is 14.8. The predicted molar refractivity (Wildman–Crippen MR) is 77.4 cm³/mol. The van der Waals surface area contributed by atoms with Crippen molar-refractivity contribution in [2.45, 2.75) is 6.54 Å². The minimum atomic E-state index is -0.201. The molecule has 21 heavy (non-hydrogen) atoms. The van der Waals surface area contributed by atoms with Crippen molar-refractivity contribution in [3.8, 4) is 11.5 Å². The number of carbonyl (C=O) groups excluding carboxylic acids is 1. The first-order valence-corrected chi connectivity index (χ1v) is 6.38. The molecular formula is C15H17N3O3. The van der Waals surface area contributed by atoms with Crippen LogP contribution < -0.4 is 9.47 Å². The van der Waals surface area contributed by atoms with E-state index in [-0.39, 0.29) is 5.91 Å².